The maximum absolute atomic E-state index is 14.1. The van der Waals surface area contributed by atoms with Gasteiger partial charge in [-0.05, 0) is 50.7 Å². The third-order valence-electron chi connectivity index (χ3n) is 3.37. The molecule has 0 aliphatic rings. The van der Waals surface area contributed by atoms with Gasteiger partial charge in [-0.2, -0.15) is 0 Å². The van der Waals surface area contributed by atoms with E-state index in [1.807, 2.05) is 25.1 Å². The van der Waals surface area contributed by atoms with Gasteiger partial charge in [-0.3, -0.25) is 0 Å². The van der Waals surface area contributed by atoms with Crippen LogP contribution < -0.4 is 5.73 Å². The Labute approximate surface area is 117 Å². The van der Waals surface area contributed by atoms with E-state index in [4.69, 9.17) is 5.73 Å². The van der Waals surface area contributed by atoms with Crippen molar-refractivity contribution in [1.29, 1.82) is 0 Å². The molecule has 0 saturated heterocycles. The second-order valence-electron chi connectivity index (χ2n) is 5.22. The molecule has 2 nitrogen and oxygen atoms in total. The van der Waals surface area contributed by atoms with E-state index in [0.29, 0.717) is 18.0 Å². The molecule has 0 aliphatic heterocycles. The van der Waals surface area contributed by atoms with Gasteiger partial charge in [0.25, 0.3) is 0 Å². The number of hydrogen-bond acceptors (Lipinski definition) is 2. The van der Waals surface area contributed by atoms with E-state index in [2.05, 4.69) is 29.8 Å². The fraction of sp³-hybridized carbons (Fsp3) is 0.571. The Morgan fingerprint density at radius 2 is 1.94 bits per heavy atom. The van der Waals surface area contributed by atoms with Crippen LogP contribution in [0.3, 0.4) is 0 Å². The molecule has 0 radical (unpaired) electrons. The highest BCUT2D eigenvalue weighted by atomic mass is 79.9. The molecule has 0 bridgehead atoms. The first-order chi connectivity index (χ1) is 8.38. The molecule has 0 spiro atoms. The fourth-order valence-electron chi connectivity index (χ4n) is 2.40. The summed E-state index contributed by atoms with van der Waals surface area (Å²) < 4.78 is 14.9. The Morgan fingerprint density at radius 3 is 2.39 bits per heavy atom. The number of rotatable bonds is 5. The molecular weight excluding hydrogens is 295 g/mol. The fourth-order valence-corrected chi connectivity index (χ4v) is 2.78. The van der Waals surface area contributed by atoms with Gasteiger partial charge in [0.15, 0.2) is 0 Å². The molecule has 18 heavy (non-hydrogen) atoms. The Hall–Kier alpha value is -0.450. The van der Waals surface area contributed by atoms with Crippen molar-refractivity contribution < 1.29 is 4.39 Å². The molecule has 0 amide bonds. The zero-order valence-corrected chi connectivity index (χ0v) is 13.0. The van der Waals surface area contributed by atoms with Crippen molar-refractivity contribution in [3.63, 3.8) is 0 Å². The molecule has 1 aromatic rings. The molecule has 0 fully saturated rings. The highest BCUT2D eigenvalue weighted by Crippen LogP contribution is 2.34. The predicted molar refractivity (Wildman–Crippen MR) is 77.9 cm³/mol. The first-order valence-electron chi connectivity index (χ1n) is 6.20. The third-order valence-corrected chi connectivity index (χ3v) is 3.86. The Kier molecular flexibility index (Phi) is 5.76. The topological polar surface area (TPSA) is 29.3 Å². The zero-order chi connectivity index (χ0) is 13.9. The summed E-state index contributed by atoms with van der Waals surface area (Å²) in [6.45, 7) is 4.81. The summed E-state index contributed by atoms with van der Waals surface area (Å²) in [5.74, 6) is 0.459. The van der Waals surface area contributed by atoms with Gasteiger partial charge >= 0.3 is 0 Å². The Balaban J connectivity index is 3.23. The molecule has 102 valence electrons. The van der Waals surface area contributed by atoms with Crippen LogP contribution in [0.25, 0.3) is 0 Å². The predicted octanol–water partition coefficient (Wildman–Crippen LogP) is 3.42. The van der Waals surface area contributed by atoms with Gasteiger partial charge in [-0.15, -0.1) is 0 Å². The van der Waals surface area contributed by atoms with Gasteiger partial charge in [0.2, 0.25) is 0 Å². The summed E-state index contributed by atoms with van der Waals surface area (Å²) >= 11 is 3.41. The minimum Gasteiger partial charge on any atom is -0.330 e. The lowest BCUT2D eigenvalue weighted by Gasteiger charge is -2.34. The van der Waals surface area contributed by atoms with Crippen molar-refractivity contribution >= 4 is 15.9 Å². The van der Waals surface area contributed by atoms with Crippen molar-refractivity contribution in [3.05, 3.63) is 34.1 Å². The normalized spacial score (nSPS) is 15.2. The van der Waals surface area contributed by atoms with Gasteiger partial charge < -0.3 is 10.6 Å². The van der Waals surface area contributed by atoms with Crippen LogP contribution in [0.4, 0.5) is 4.39 Å². The minimum absolute atomic E-state index is 0.00694. The van der Waals surface area contributed by atoms with Gasteiger partial charge in [0.05, 0.1) is 0 Å². The van der Waals surface area contributed by atoms with Gasteiger partial charge in [-0.25, -0.2) is 4.39 Å². The largest absolute Gasteiger partial charge is 0.330 e. The van der Waals surface area contributed by atoms with Crippen LogP contribution in [0.1, 0.15) is 25.5 Å². The standard InChI is InChI=1S/C14H22BrFN2/c1-9(2)12(8-17)14(18(3)4)11-7-10(15)5-6-13(11)16/h5-7,9,12,14H,8,17H2,1-4H3. The smallest absolute Gasteiger partial charge is 0.128 e. The summed E-state index contributed by atoms with van der Waals surface area (Å²) in [6.07, 6.45) is 0. The van der Waals surface area contributed by atoms with E-state index in [-0.39, 0.29) is 17.8 Å². The molecule has 0 aliphatic carbocycles. The number of hydrogen-bond donors (Lipinski definition) is 1. The Bertz CT molecular complexity index is 393. The van der Waals surface area contributed by atoms with Crippen molar-refractivity contribution in [1.82, 2.24) is 4.90 Å². The molecule has 0 heterocycles. The van der Waals surface area contributed by atoms with E-state index in [1.165, 1.54) is 6.07 Å². The molecular formula is C14H22BrFN2. The van der Waals surface area contributed by atoms with Crippen molar-refractivity contribution in [2.75, 3.05) is 20.6 Å². The summed E-state index contributed by atoms with van der Waals surface area (Å²) in [4.78, 5) is 2.04. The lowest BCUT2D eigenvalue weighted by Crippen LogP contribution is -2.35. The highest BCUT2D eigenvalue weighted by molar-refractivity contribution is 9.10. The number of benzene rings is 1. The first-order valence-corrected chi connectivity index (χ1v) is 6.99. The highest BCUT2D eigenvalue weighted by Gasteiger charge is 2.28. The van der Waals surface area contributed by atoms with E-state index >= 15 is 0 Å². The van der Waals surface area contributed by atoms with Crippen molar-refractivity contribution in [2.24, 2.45) is 17.6 Å². The lowest BCUT2D eigenvalue weighted by atomic mass is 9.83. The van der Waals surface area contributed by atoms with Crippen LogP contribution >= 0.6 is 15.9 Å². The van der Waals surface area contributed by atoms with Crippen molar-refractivity contribution in [3.8, 4) is 0 Å². The molecule has 2 unspecified atom stereocenters. The van der Waals surface area contributed by atoms with E-state index in [0.717, 1.165) is 4.47 Å². The summed E-state index contributed by atoms with van der Waals surface area (Å²) in [7, 11) is 3.94. The molecule has 1 rings (SSSR count). The average Bonchev–Trinajstić information content (AvgIpc) is 2.28. The average molecular weight is 317 g/mol. The van der Waals surface area contributed by atoms with E-state index in [9.17, 15) is 4.39 Å². The van der Waals surface area contributed by atoms with Crippen LogP contribution in [0.2, 0.25) is 0 Å². The third kappa shape index (κ3) is 3.53. The Morgan fingerprint density at radius 1 is 1.33 bits per heavy atom. The lowest BCUT2D eigenvalue weighted by molar-refractivity contribution is 0.171. The monoisotopic (exact) mass is 316 g/mol. The number of nitrogens with two attached hydrogens (primary N) is 1. The first kappa shape index (κ1) is 15.6. The zero-order valence-electron chi connectivity index (χ0n) is 11.5. The van der Waals surface area contributed by atoms with E-state index < -0.39 is 0 Å². The molecule has 0 saturated carbocycles. The number of halogens is 2. The van der Waals surface area contributed by atoms with Crippen molar-refractivity contribution in [2.45, 2.75) is 19.9 Å². The maximum atomic E-state index is 14.1. The van der Waals surface area contributed by atoms with Crippen LogP contribution in [-0.2, 0) is 0 Å². The molecule has 0 aromatic heterocycles. The summed E-state index contributed by atoms with van der Waals surface area (Å²) in [5, 5.41) is 0. The van der Waals surface area contributed by atoms with Crippen LogP contribution in [-0.4, -0.2) is 25.5 Å². The van der Waals surface area contributed by atoms with Gasteiger partial charge in [0, 0.05) is 16.1 Å². The summed E-state index contributed by atoms with van der Waals surface area (Å²) in [5.41, 5.74) is 6.58. The SMILES string of the molecule is CC(C)C(CN)C(c1cc(Br)ccc1F)N(C)C. The van der Waals surface area contributed by atoms with E-state index in [1.54, 1.807) is 6.07 Å². The van der Waals surface area contributed by atoms with Gasteiger partial charge in [0.1, 0.15) is 5.82 Å². The minimum atomic E-state index is -0.170. The molecule has 1 aromatic carbocycles. The second-order valence-corrected chi connectivity index (χ2v) is 6.13. The van der Waals surface area contributed by atoms with Crippen LogP contribution in [0.15, 0.2) is 22.7 Å². The maximum Gasteiger partial charge on any atom is 0.128 e. The van der Waals surface area contributed by atoms with Crippen LogP contribution in [0, 0.1) is 17.7 Å². The second kappa shape index (κ2) is 6.64. The molecule has 4 heteroatoms. The van der Waals surface area contributed by atoms with Crippen LogP contribution in [0.5, 0.6) is 0 Å². The molecule has 2 atom stereocenters. The molecule has 2 N–H and O–H groups in total. The number of nitrogens with zero attached hydrogens (tertiary/aromatic N) is 1. The van der Waals surface area contributed by atoms with Gasteiger partial charge in [-0.1, -0.05) is 29.8 Å². The quantitative estimate of drug-likeness (QED) is 0.901. The summed E-state index contributed by atoms with van der Waals surface area (Å²) in [6, 6.07) is 5.07.